The number of carboxylic acid groups (broad SMARTS) is 2. The van der Waals surface area contributed by atoms with E-state index in [1.165, 1.54) is 0 Å². The molecule has 0 aromatic carbocycles. The van der Waals surface area contributed by atoms with Crippen molar-refractivity contribution < 1.29 is 71.2 Å². The van der Waals surface area contributed by atoms with Crippen molar-refractivity contribution in [3.8, 4) is 0 Å². The number of carbonyl (C=O) groups is 2. The van der Waals surface area contributed by atoms with Gasteiger partial charge in [-0.15, -0.1) is 0 Å². The maximum absolute atomic E-state index is 10.7. The van der Waals surface area contributed by atoms with E-state index >= 15 is 0 Å². The third kappa shape index (κ3) is 31.3. The average molecular weight is 279 g/mol. The SMILES string of the molecule is CCCCCC(=O)NS[S-].O=C(O)O.[K+]. The third-order valence-electron chi connectivity index (χ3n) is 1.16. The van der Waals surface area contributed by atoms with E-state index in [1.54, 1.807) is 0 Å². The number of rotatable bonds is 5. The molecule has 0 radical (unpaired) electrons. The fourth-order valence-electron chi connectivity index (χ4n) is 0.633. The van der Waals surface area contributed by atoms with Gasteiger partial charge >= 0.3 is 57.5 Å². The Morgan fingerprint density at radius 1 is 1.33 bits per heavy atom. The summed E-state index contributed by atoms with van der Waals surface area (Å²) in [6, 6.07) is 0. The molecule has 1 amide bonds. The smallest absolute Gasteiger partial charge is 0.696 e. The quantitative estimate of drug-likeness (QED) is 0.197. The largest absolute Gasteiger partial charge is 1.00 e. The van der Waals surface area contributed by atoms with Crippen molar-refractivity contribution in [2.45, 2.75) is 32.6 Å². The summed E-state index contributed by atoms with van der Waals surface area (Å²) < 4.78 is 2.50. The zero-order valence-corrected chi connectivity index (χ0v) is 13.6. The zero-order valence-electron chi connectivity index (χ0n) is 8.86. The summed E-state index contributed by atoms with van der Waals surface area (Å²) in [6.07, 6.45) is 2.01. The Kier molecular flexibility index (Phi) is 24.9. The third-order valence-corrected chi connectivity index (χ3v) is 1.72. The van der Waals surface area contributed by atoms with Crippen LogP contribution >= 0.6 is 11.0 Å². The van der Waals surface area contributed by atoms with E-state index in [4.69, 9.17) is 15.0 Å². The minimum Gasteiger partial charge on any atom is -0.696 e. The van der Waals surface area contributed by atoms with Gasteiger partial charge in [0.05, 0.1) is 0 Å². The molecule has 0 saturated heterocycles. The van der Waals surface area contributed by atoms with Crippen molar-refractivity contribution in [1.82, 2.24) is 4.72 Å². The van der Waals surface area contributed by atoms with E-state index in [9.17, 15) is 4.79 Å². The van der Waals surface area contributed by atoms with Gasteiger partial charge in [-0.05, 0) is 6.42 Å². The molecule has 0 saturated carbocycles. The number of unbranched alkanes of at least 4 members (excludes halogenated alkanes) is 2. The van der Waals surface area contributed by atoms with Gasteiger partial charge in [-0.2, -0.15) is 0 Å². The van der Waals surface area contributed by atoms with Crippen LogP contribution in [0.15, 0.2) is 0 Å². The Balaban J connectivity index is -0.000000249. The van der Waals surface area contributed by atoms with Crippen LogP contribution in [0.2, 0.25) is 0 Å². The number of amides is 1. The molecule has 0 heterocycles. The molecule has 0 atom stereocenters. The summed E-state index contributed by atoms with van der Waals surface area (Å²) in [6.45, 7) is 2.11. The molecule has 3 N–H and O–H groups in total. The molecule has 5 nitrogen and oxygen atoms in total. The number of nitrogens with one attached hydrogen (secondary N) is 1. The Bertz CT molecular complexity index is 167. The van der Waals surface area contributed by atoms with Crippen molar-refractivity contribution in [2.24, 2.45) is 0 Å². The van der Waals surface area contributed by atoms with Crippen LogP contribution < -0.4 is 56.1 Å². The molecule has 15 heavy (non-hydrogen) atoms. The Labute approximate surface area is 141 Å². The number of hydrogen-bond acceptors (Lipinski definition) is 4. The molecule has 8 heteroatoms. The molecular formula is C7H14KNO4S2. The first kappa shape index (κ1) is 21.4. The molecule has 0 rings (SSSR count). The molecule has 0 aliphatic rings. The molecule has 0 spiro atoms. The van der Waals surface area contributed by atoms with Crippen LogP contribution in [0.4, 0.5) is 4.79 Å². The van der Waals surface area contributed by atoms with Gasteiger partial charge in [0.2, 0.25) is 5.91 Å². The molecule has 0 bridgehead atoms. The van der Waals surface area contributed by atoms with E-state index < -0.39 is 6.16 Å². The van der Waals surface area contributed by atoms with Gasteiger partial charge in [-0.25, -0.2) is 15.8 Å². The van der Waals surface area contributed by atoms with Crippen LogP contribution in [-0.4, -0.2) is 22.3 Å². The summed E-state index contributed by atoms with van der Waals surface area (Å²) >= 11 is 4.49. The topological polar surface area (TPSA) is 86.6 Å². The van der Waals surface area contributed by atoms with Crippen LogP contribution in [0.3, 0.4) is 0 Å². The molecular weight excluding hydrogens is 265 g/mol. The van der Waals surface area contributed by atoms with Crippen molar-refractivity contribution in [3.63, 3.8) is 0 Å². The maximum atomic E-state index is 10.7. The van der Waals surface area contributed by atoms with E-state index in [2.05, 4.69) is 23.3 Å². The van der Waals surface area contributed by atoms with Crippen LogP contribution in [0.1, 0.15) is 32.6 Å². The fraction of sp³-hybridized carbons (Fsp3) is 0.714. The van der Waals surface area contributed by atoms with Crippen LogP contribution in [-0.2, 0) is 16.5 Å². The first-order valence-corrected chi connectivity index (χ1v) is 5.78. The van der Waals surface area contributed by atoms with Gasteiger partial charge in [0.25, 0.3) is 0 Å². The van der Waals surface area contributed by atoms with Crippen LogP contribution in [0.5, 0.6) is 0 Å². The first-order chi connectivity index (χ1) is 6.54. The molecule has 0 fully saturated rings. The van der Waals surface area contributed by atoms with Crippen molar-refractivity contribution in [3.05, 3.63) is 0 Å². The van der Waals surface area contributed by atoms with Gasteiger partial charge in [-0.1, -0.05) is 19.8 Å². The van der Waals surface area contributed by atoms with E-state index in [1.807, 2.05) is 0 Å². The first-order valence-electron chi connectivity index (χ1n) is 4.04. The molecule has 0 aliphatic heterocycles. The molecule has 0 unspecified atom stereocenters. The average Bonchev–Trinajstić information content (AvgIpc) is 2.04. The second-order valence-corrected chi connectivity index (χ2v) is 3.22. The minimum atomic E-state index is -1.83. The van der Waals surface area contributed by atoms with Gasteiger partial charge in [0.1, 0.15) is 0 Å². The van der Waals surface area contributed by atoms with Crippen LogP contribution in [0.25, 0.3) is 0 Å². The predicted molar refractivity (Wildman–Crippen MR) is 57.9 cm³/mol. The van der Waals surface area contributed by atoms with E-state index in [0.717, 1.165) is 30.2 Å². The predicted octanol–water partition coefficient (Wildman–Crippen LogP) is -0.981. The Morgan fingerprint density at radius 3 is 2.13 bits per heavy atom. The minimum absolute atomic E-state index is 0. The Hall–Kier alpha value is 1.08. The monoisotopic (exact) mass is 279 g/mol. The van der Waals surface area contributed by atoms with Gasteiger partial charge < -0.3 is 26.6 Å². The van der Waals surface area contributed by atoms with Crippen molar-refractivity contribution >= 4 is 34.7 Å². The Morgan fingerprint density at radius 2 is 1.80 bits per heavy atom. The molecule has 84 valence electrons. The summed E-state index contributed by atoms with van der Waals surface area (Å²) in [5.41, 5.74) is 0. The van der Waals surface area contributed by atoms with Gasteiger partial charge in [-0.3, -0.25) is 4.79 Å². The van der Waals surface area contributed by atoms with E-state index in [-0.39, 0.29) is 57.3 Å². The molecule has 0 aromatic heterocycles. The molecule has 0 aliphatic carbocycles. The number of carbonyl (C=O) groups excluding carboxylic acids is 1. The second kappa shape index (κ2) is 17.5. The second-order valence-electron chi connectivity index (χ2n) is 2.35. The van der Waals surface area contributed by atoms with Crippen molar-refractivity contribution in [2.75, 3.05) is 0 Å². The summed E-state index contributed by atoms with van der Waals surface area (Å²) in [5.74, 6) is 0.0495. The summed E-state index contributed by atoms with van der Waals surface area (Å²) in [7, 11) is 0.952. The van der Waals surface area contributed by atoms with Gasteiger partial charge in [0, 0.05) is 6.42 Å². The standard InChI is InChI=1S/C6H13NOS2.CH2O3.K/c1-2-3-4-5-6(8)7-10-9;2-1(3)4;/h9H,2-5H2,1H3,(H,7,8);(H2,2,3,4);/q;;+1/p-1. The molecule has 0 aromatic rings. The van der Waals surface area contributed by atoms with Crippen LogP contribution in [0, 0.1) is 0 Å². The summed E-state index contributed by atoms with van der Waals surface area (Å²) in [5, 5.41) is 13.9. The fourth-order valence-corrected chi connectivity index (χ4v) is 1.11. The van der Waals surface area contributed by atoms with Crippen molar-refractivity contribution in [1.29, 1.82) is 0 Å². The van der Waals surface area contributed by atoms with Gasteiger partial charge in [0.15, 0.2) is 0 Å². The normalized spacial score (nSPS) is 7.87. The number of hydrogen-bond donors (Lipinski definition) is 3. The maximum Gasteiger partial charge on any atom is 1.00 e. The summed E-state index contributed by atoms with van der Waals surface area (Å²) in [4.78, 5) is 19.3. The van der Waals surface area contributed by atoms with E-state index in [0.29, 0.717) is 6.42 Å². The zero-order chi connectivity index (χ0) is 11.4.